The number of carbonyl (C=O) groups is 2. The molecule has 5 heteroatoms. The number of hydrogen-bond donors (Lipinski definition) is 0. The molecule has 0 unspecified atom stereocenters. The van der Waals surface area contributed by atoms with Gasteiger partial charge in [0.2, 0.25) is 0 Å². The molecule has 0 atom stereocenters. The SMILES string of the molecule is CCCCCCCC/C=C\CCCCCCCC(=O)OCCCCCCOC(=O)CCCCCCC/C=C\CCCCCCCC.[Ti]. The first-order valence-corrected chi connectivity index (χ1v) is 20.3. The Balaban J connectivity index is 0. The van der Waals surface area contributed by atoms with E-state index in [2.05, 4.69) is 38.2 Å². The van der Waals surface area contributed by atoms with Gasteiger partial charge in [-0.1, -0.05) is 141 Å². The van der Waals surface area contributed by atoms with E-state index < -0.39 is 0 Å². The van der Waals surface area contributed by atoms with Crippen LogP contribution < -0.4 is 0 Å². The molecule has 0 radical (unpaired) electrons. The molecule has 0 spiro atoms. The summed E-state index contributed by atoms with van der Waals surface area (Å²) < 4.78 is 10.8. The number of allylic oxidation sites excluding steroid dienone is 4. The number of hydrogen-bond acceptors (Lipinski definition) is 4. The minimum atomic E-state index is -0.0535. The molecule has 0 saturated carbocycles. The van der Waals surface area contributed by atoms with Gasteiger partial charge in [-0.2, -0.15) is 0 Å². The second-order valence-electron chi connectivity index (χ2n) is 13.5. The third kappa shape index (κ3) is 43.1. The van der Waals surface area contributed by atoms with Gasteiger partial charge in [0.1, 0.15) is 0 Å². The third-order valence-electron chi connectivity index (χ3n) is 8.85. The van der Waals surface area contributed by atoms with E-state index in [9.17, 15) is 9.59 Å². The van der Waals surface area contributed by atoms with Crippen molar-refractivity contribution in [3.63, 3.8) is 0 Å². The Kier molecular flexibility index (Phi) is 44.3. The molecule has 0 aliphatic heterocycles. The molecule has 0 aromatic heterocycles. The van der Waals surface area contributed by atoms with Gasteiger partial charge in [0, 0.05) is 34.6 Å². The van der Waals surface area contributed by atoms with Crippen molar-refractivity contribution in [3.8, 4) is 0 Å². The molecule has 47 heavy (non-hydrogen) atoms. The maximum absolute atomic E-state index is 11.9. The predicted octanol–water partition coefficient (Wildman–Crippen LogP) is 13.7. The standard InChI is InChI=1S/C42H78O4.Ti/c1-3-5-7-9-11-13-15-17-19-21-23-25-27-29-33-37-41(43)45-39-35-31-32-36-40-46-42(44)38-34-30-28-26-24-22-20-18-16-14-12-10-8-6-4-2;/h17-20H,3-16,21-40H2,1-2H3;/b19-17-,20-18-;. The summed E-state index contributed by atoms with van der Waals surface area (Å²) in [4.78, 5) is 23.9. The monoisotopic (exact) mass is 695 g/mol. The smallest absolute Gasteiger partial charge is 0.305 e. The molecule has 0 aliphatic rings. The van der Waals surface area contributed by atoms with Gasteiger partial charge in [-0.15, -0.1) is 0 Å². The van der Waals surface area contributed by atoms with Crippen LogP contribution in [0.2, 0.25) is 0 Å². The third-order valence-corrected chi connectivity index (χ3v) is 8.85. The Morgan fingerprint density at radius 1 is 0.362 bits per heavy atom. The molecule has 274 valence electrons. The van der Waals surface area contributed by atoms with Crippen molar-refractivity contribution in [2.24, 2.45) is 0 Å². The minimum Gasteiger partial charge on any atom is -0.466 e. The van der Waals surface area contributed by atoms with Gasteiger partial charge in [0.15, 0.2) is 0 Å². The van der Waals surface area contributed by atoms with E-state index in [1.165, 1.54) is 141 Å². The zero-order chi connectivity index (χ0) is 33.4. The predicted molar refractivity (Wildman–Crippen MR) is 199 cm³/mol. The van der Waals surface area contributed by atoms with Gasteiger partial charge in [-0.25, -0.2) is 0 Å². The van der Waals surface area contributed by atoms with Crippen molar-refractivity contribution in [1.82, 2.24) is 0 Å². The summed E-state index contributed by atoms with van der Waals surface area (Å²) in [7, 11) is 0. The van der Waals surface area contributed by atoms with Gasteiger partial charge in [0.25, 0.3) is 0 Å². The van der Waals surface area contributed by atoms with E-state index in [1.807, 2.05) is 0 Å². The van der Waals surface area contributed by atoms with Crippen molar-refractivity contribution >= 4 is 11.9 Å². The fraction of sp³-hybridized carbons (Fsp3) is 0.857. The van der Waals surface area contributed by atoms with Crippen LogP contribution in [0.3, 0.4) is 0 Å². The Morgan fingerprint density at radius 2 is 0.617 bits per heavy atom. The van der Waals surface area contributed by atoms with E-state index in [0.29, 0.717) is 26.1 Å². The van der Waals surface area contributed by atoms with Crippen LogP contribution >= 0.6 is 0 Å². The van der Waals surface area contributed by atoms with Crippen molar-refractivity contribution in [2.45, 2.75) is 219 Å². The number of unbranched alkanes of at least 4 members (excludes halogenated alkanes) is 25. The van der Waals surface area contributed by atoms with Crippen LogP contribution in [0.1, 0.15) is 219 Å². The van der Waals surface area contributed by atoms with Crippen molar-refractivity contribution in [2.75, 3.05) is 13.2 Å². The van der Waals surface area contributed by atoms with Crippen molar-refractivity contribution in [1.29, 1.82) is 0 Å². The van der Waals surface area contributed by atoms with Gasteiger partial charge >= 0.3 is 11.9 Å². The average molecular weight is 695 g/mol. The Hall–Kier alpha value is -0.866. The maximum atomic E-state index is 11.9. The van der Waals surface area contributed by atoms with Gasteiger partial charge in [0.05, 0.1) is 13.2 Å². The van der Waals surface area contributed by atoms with Gasteiger partial charge in [-0.3, -0.25) is 9.59 Å². The van der Waals surface area contributed by atoms with Crippen LogP contribution in [-0.4, -0.2) is 25.2 Å². The molecule has 0 aromatic rings. The van der Waals surface area contributed by atoms with Crippen LogP contribution in [-0.2, 0) is 40.8 Å². The number of carbonyl (C=O) groups excluding carboxylic acids is 2. The Bertz CT molecular complexity index is 632. The van der Waals surface area contributed by atoms with Gasteiger partial charge < -0.3 is 9.47 Å². The summed E-state index contributed by atoms with van der Waals surface area (Å²) in [5.41, 5.74) is 0. The Morgan fingerprint density at radius 3 is 0.936 bits per heavy atom. The molecule has 0 rings (SSSR count). The fourth-order valence-electron chi connectivity index (χ4n) is 5.75. The summed E-state index contributed by atoms with van der Waals surface area (Å²) in [6, 6.07) is 0. The molecule has 0 saturated heterocycles. The van der Waals surface area contributed by atoms with Crippen LogP contribution in [0, 0.1) is 0 Å². The van der Waals surface area contributed by atoms with E-state index in [-0.39, 0.29) is 33.7 Å². The second-order valence-corrected chi connectivity index (χ2v) is 13.5. The molecular formula is C42H78O4Ti. The fourth-order valence-corrected chi connectivity index (χ4v) is 5.75. The molecule has 0 aliphatic carbocycles. The molecule has 0 aromatic carbocycles. The van der Waals surface area contributed by atoms with Crippen LogP contribution in [0.5, 0.6) is 0 Å². The summed E-state index contributed by atoms with van der Waals surface area (Å²) in [6.45, 7) is 5.57. The number of ether oxygens (including phenoxy) is 2. The zero-order valence-electron chi connectivity index (χ0n) is 31.5. The normalized spacial score (nSPS) is 11.4. The van der Waals surface area contributed by atoms with Crippen molar-refractivity contribution in [3.05, 3.63) is 24.3 Å². The van der Waals surface area contributed by atoms with Crippen molar-refractivity contribution < 1.29 is 40.8 Å². The first kappa shape index (κ1) is 48.2. The van der Waals surface area contributed by atoms with Crippen LogP contribution in [0.4, 0.5) is 0 Å². The van der Waals surface area contributed by atoms with Crippen LogP contribution in [0.25, 0.3) is 0 Å². The second kappa shape index (κ2) is 43.2. The van der Waals surface area contributed by atoms with Crippen LogP contribution in [0.15, 0.2) is 24.3 Å². The quantitative estimate of drug-likeness (QED) is 0.0281. The molecular weight excluding hydrogens is 616 g/mol. The van der Waals surface area contributed by atoms with E-state index in [0.717, 1.165) is 51.4 Å². The molecule has 0 heterocycles. The molecule has 0 fully saturated rings. The molecule has 0 N–H and O–H groups in total. The maximum Gasteiger partial charge on any atom is 0.305 e. The van der Waals surface area contributed by atoms with Gasteiger partial charge in [-0.05, 0) is 89.9 Å². The first-order chi connectivity index (χ1) is 22.7. The first-order valence-electron chi connectivity index (χ1n) is 20.3. The Labute approximate surface area is 308 Å². The molecule has 0 bridgehead atoms. The van der Waals surface area contributed by atoms with E-state index in [4.69, 9.17) is 9.47 Å². The summed E-state index contributed by atoms with van der Waals surface area (Å²) >= 11 is 0. The topological polar surface area (TPSA) is 52.6 Å². The number of rotatable bonds is 37. The summed E-state index contributed by atoms with van der Waals surface area (Å²) in [6.07, 6.45) is 47.2. The minimum absolute atomic E-state index is 0. The zero-order valence-corrected chi connectivity index (χ0v) is 33.0. The summed E-state index contributed by atoms with van der Waals surface area (Å²) in [5, 5.41) is 0. The van der Waals surface area contributed by atoms with E-state index >= 15 is 0 Å². The summed E-state index contributed by atoms with van der Waals surface area (Å²) in [5.74, 6) is -0.107. The largest absolute Gasteiger partial charge is 0.466 e. The number of esters is 2. The molecule has 0 amide bonds. The van der Waals surface area contributed by atoms with E-state index in [1.54, 1.807) is 0 Å². The average Bonchev–Trinajstić information content (AvgIpc) is 3.05. The molecule has 4 nitrogen and oxygen atoms in total.